The summed E-state index contributed by atoms with van der Waals surface area (Å²) in [6, 6.07) is 2.43. The zero-order valence-electron chi connectivity index (χ0n) is 13.8. The van der Waals surface area contributed by atoms with Gasteiger partial charge in [-0.05, 0) is 42.0 Å². The van der Waals surface area contributed by atoms with Gasteiger partial charge in [0.15, 0.2) is 0 Å². The molecule has 0 bridgehead atoms. The molecule has 20 heavy (non-hydrogen) atoms. The standard InChI is InChI=1S/C19H28S/c1-7-19(6,8-2)17-13-14-9-10-15(18(3,4)5)11-12-16(14)20-17/h9,11-13H,7-8,10H2,1-6H3. The minimum absolute atomic E-state index is 0.269. The first kappa shape index (κ1) is 15.6. The van der Waals surface area contributed by atoms with E-state index in [0.717, 1.165) is 6.42 Å². The Morgan fingerprint density at radius 3 is 2.25 bits per heavy atom. The molecule has 0 unspecified atom stereocenters. The molecule has 0 spiro atoms. The van der Waals surface area contributed by atoms with Crippen LogP contribution in [-0.2, 0) is 5.41 Å². The fourth-order valence-corrected chi connectivity index (χ4v) is 3.98. The van der Waals surface area contributed by atoms with Gasteiger partial charge in [0.05, 0.1) is 0 Å². The van der Waals surface area contributed by atoms with Crippen molar-refractivity contribution in [3.63, 3.8) is 0 Å². The van der Waals surface area contributed by atoms with Crippen molar-refractivity contribution in [3.05, 3.63) is 32.3 Å². The second-order valence-corrected chi connectivity index (χ2v) is 8.30. The van der Waals surface area contributed by atoms with Crippen molar-refractivity contribution in [3.8, 4) is 0 Å². The maximum absolute atomic E-state index is 2.43. The molecule has 1 heteroatoms. The Labute approximate surface area is 127 Å². The van der Waals surface area contributed by atoms with E-state index >= 15 is 0 Å². The predicted octanol–water partition coefficient (Wildman–Crippen LogP) is 4.76. The molecule has 0 atom stereocenters. The van der Waals surface area contributed by atoms with Gasteiger partial charge in [-0.3, -0.25) is 0 Å². The summed E-state index contributed by atoms with van der Waals surface area (Å²) in [5.41, 5.74) is 2.14. The Morgan fingerprint density at radius 2 is 1.70 bits per heavy atom. The van der Waals surface area contributed by atoms with Crippen LogP contribution in [0.5, 0.6) is 0 Å². The minimum Gasteiger partial charge on any atom is -0.140 e. The third-order valence-electron chi connectivity index (χ3n) is 4.89. The van der Waals surface area contributed by atoms with Crippen molar-refractivity contribution in [2.75, 3.05) is 0 Å². The van der Waals surface area contributed by atoms with Gasteiger partial charge in [0.1, 0.15) is 0 Å². The van der Waals surface area contributed by atoms with E-state index in [4.69, 9.17) is 0 Å². The summed E-state index contributed by atoms with van der Waals surface area (Å²) < 4.78 is 1.44. The summed E-state index contributed by atoms with van der Waals surface area (Å²) in [7, 11) is 0. The van der Waals surface area contributed by atoms with Crippen LogP contribution in [0, 0.1) is 5.41 Å². The van der Waals surface area contributed by atoms with Crippen LogP contribution in [0.3, 0.4) is 0 Å². The highest BCUT2D eigenvalue weighted by atomic mass is 32.1. The van der Waals surface area contributed by atoms with Gasteiger partial charge in [-0.25, -0.2) is 0 Å². The summed E-state index contributed by atoms with van der Waals surface area (Å²) in [5, 5.41) is 1.44. The zero-order chi connectivity index (χ0) is 15.0. The number of hydrogen-bond acceptors (Lipinski definition) is 1. The van der Waals surface area contributed by atoms with Crippen LogP contribution in [0.15, 0.2) is 17.7 Å². The molecule has 1 aromatic rings. The van der Waals surface area contributed by atoms with Gasteiger partial charge in [-0.15, -0.1) is 11.3 Å². The van der Waals surface area contributed by atoms with Crippen molar-refractivity contribution in [1.29, 1.82) is 0 Å². The Kier molecular flexibility index (Phi) is 4.30. The summed E-state index contributed by atoms with van der Waals surface area (Å²) in [6.45, 7) is 13.9. The van der Waals surface area contributed by atoms with E-state index < -0.39 is 0 Å². The van der Waals surface area contributed by atoms with E-state index in [1.807, 2.05) is 11.3 Å². The van der Waals surface area contributed by atoms with Crippen molar-refractivity contribution in [2.45, 2.75) is 66.2 Å². The van der Waals surface area contributed by atoms with E-state index in [-0.39, 0.29) is 5.41 Å². The van der Waals surface area contributed by atoms with Crippen LogP contribution >= 0.6 is 11.3 Å². The lowest BCUT2D eigenvalue weighted by molar-refractivity contribution is 0.448. The van der Waals surface area contributed by atoms with Crippen LogP contribution in [-0.4, -0.2) is 0 Å². The number of allylic oxidation sites excluding steroid dienone is 2. The molecule has 1 heterocycles. The monoisotopic (exact) mass is 288 g/mol. The second-order valence-electron chi connectivity index (χ2n) is 7.21. The zero-order valence-corrected chi connectivity index (χ0v) is 14.7. The van der Waals surface area contributed by atoms with Crippen LogP contribution in [0.25, 0.3) is 12.2 Å². The summed E-state index contributed by atoms with van der Waals surface area (Å²) in [5.74, 6) is 0. The smallest absolute Gasteiger partial charge is 0.0342 e. The van der Waals surface area contributed by atoms with E-state index in [1.165, 1.54) is 28.2 Å². The Hall–Kier alpha value is -0.820. The Bertz CT molecular complexity index is 616. The van der Waals surface area contributed by atoms with Crippen LogP contribution < -0.4 is 9.75 Å². The van der Waals surface area contributed by atoms with Gasteiger partial charge in [0.25, 0.3) is 0 Å². The maximum Gasteiger partial charge on any atom is 0.0342 e. The molecule has 1 aromatic heterocycles. The molecule has 2 rings (SSSR count). The Balaban J connectivity index is 2.48. The van der Waals surface area contributed by atoms with Crippen LogP contribution in [0.1, 0.15) is 65.7 Å². The van der Waals surface area contributed by atoms with E-state index in [0.29, 0.717) is 5.41 Å². The van der Waals surface area contributed by atoms with E-state index in [9.17, 15) is 0 Å². The molecule has 0 aliphatic heterocycles. The van der Waals surface area contributed by atoms with Gasteiger partial charge in [-0.2, -0.15) is 0 Å². The summed E-state index contributed by atoms with van der Waals surface area (Å²) in [4.78, 5) is 1.55. The average molecular weight is 289 g/mol. The number of fused-ring (bicyclic) bond motifs is 1. The highest BCUT2D eigenvalue weighted by Gasteiger charge is 2.24. The van der Waals surface area contributed by atoms with E-state index in [2.05, 4.69) is 65.8 Å². The molecular formula is C19H28S. The highest BCUT2D eigenvalue weighted by molar-refractivity contribution is 7.10. The molecule has 0 fully saturated rings. The molecule has 1 aliphatic rings. The predicted molar refractivity (Wildman–Crippen MR) is 92.6 cm³/mol. The average Bonchev–Trinajstić information content (AvgIpc) is 2.70. The molecule has 0 N–H and O–H groups in total. The second kappa shape index (κ2) is 5.52. The van der Waals surface area contributed by atoms with Crippen LogP contribution in [0.2, 0.25) is 0 Å². The number of thiophene rings is 1. The fraction of sp³-hybridized carbons (Fsp3) is 0.579. The van der Waals surface area contributed by atoms with Gasteiger partial charge < -0.3 is 0 Å². The topological polar surface area (TPSA) is 0 Å². The molecule has 0 amide bonds. The molecule has 0 saturated heterocycles. The molecule has 0 nitrogen and oxygen atoms in total. The fourth-order valence-electron chi connectivity index (χ4n) is 2.63. The largest absolute Gasteiger partial charge is 0.140 e. The van der Waals surface area contributed by atoms with Gasteiger partial charge in [-0.1, -0.05) is 59.3 Å². The van der Waals surface area contributed by atoms with Gasteiger partial charge in [0.2, 0.25) is 0 Å². The molecule has 0 saturated carbocycles. The maximum atomic E-state index is 2.43. The van der Waals surface area contributed by atoms with Crippen LogP contribution in [0.4, 0.5) is 0 Å². The van der Waals surface area contributed by atoms with Crippen molar-refractivity contribution in [1.82, 2.24) is 0 Å². The SMILES string of the molecule is CCC(C)(CC)c1cc2c(s1)=CC=C(C(C)(C)C)CC=2. The summed E-state index contributed by atoms with van der Waals surface area (Å²) in [6.07, 6.45) is 10.6. The van der Waals surface area contributed by atoms with Gasteiger partial charge in [0, 0.05) is 14.8 Å². The lowest BCUT2D eigenvalue weighted by Crippen LogP contribution is -2.18. The Morgan fingerprint density at radius 1 is 1.05 bits per heavy atom. The third kappa shape index (κ3) is 2.93. The highest BCUT2D eigenvalue weighted by Crippen LogP contribution is 2.33. The van der Waals surface area contributed by atoms with Crippen molar-refractivity contribution in [2.24, 2.45) is 5.41 Å². The lowest BCUT2D eigenvalue weighted by atomic mass is 9.83. The van der Waals surface area contributed by atoms with E-state index in [1.54, 1.807) is 4.88 Å². The van der Waals surface area contributed by atoms with Crippen molar-refractivity contribution < 1.29 is 0 Å². The lowest BCUT2D eigenvalue weighted by Gasteiger charge is -2.25. The molecule has 1 aliphatic carbocycles. The quantitative estimate of drug-likeness (QED) is 0.752. The first-order chi connectivity index (χ1) is 9.30. The third-order valence-corrected chi connectivity index (χ3v) is 6.31. The number of hydrogen-bond donors (Lipinski definition) is 0. The van der Waals surface area contributed by atoms with Crippen molar-refractivity contribution >= 4 is 23.5 Å². The van der Waals surface area contributed by atoms with Gasteiger partial charge >= 0.3 is 0 Å². The molecule has 110 valence electrons. The molecule has 0 radical (unpaired) electrons. The summed E-state index contributed by atoms with van der Waals surface area (Å²) >= 11 is 1.99. The molecular weight excluding hydrogens is 260 g/mol. The first-order valence-electron chi connectivity index (χ1n) is 7.82. The normalized spacial score (nSPS) is 15.8. The first-order valence-corrected chi connectivity index (χ1v) is 8.63. The number of rotatable bonds is 3. The minimum atomic E-state index is 0.269. The molecule has 0 aromatic carbocycles.